The topological polar surface area (TPSA) is 56.7 Å². The van der Waals surface area contributed by atoms with Gasteiger partial charge in [-0.25, -0.2) is 4.98 Å². The summed E-state index contributed by atoms with van der Waals surface area (Å²) in [6, 6.07) is 1.95. The van der Waals surface area contributed by atoms with Crippen molar-refractivity contribution in [3.05, 3.63) is 24.3 Å². The lowest BCUT2D eigenvalue weighted by Crippen LogP contribution is -2.02. The van der Waals surface area contributed by atoms with Gasteiger partial charge in [0.15, 0.2) is 0 Å². The summed E-state index contributed by atoms with van der Waals surface area (Å²) in [4.78, 5) is 8.67. The fourth-order valence-electron chi connectivity index (χ4n) is 1.74. The van der Waals surface area contributed by atoms with Crippen molar-refractivity contribution >= 4 is 11.0 Å². The van der Waals surface area contributed by atoms with E-state index in [1.54, 1.807) is 6.20 Å². The molecule has 0 aromatic carbocycles. The summed E-state index contributed by atoms with van der Waals surface area (Å²) >= 11 is 0. The van der Waals surface area contributed by atoms with E-state index in [1.165, 1.54) is 0 Å². The molecule has 2 heterocycles. The predicted octanol–water partition coefficient (Wildman–Crippen LogP) is 1.25. The molecule has 15 heavy (non-hydrogen) atoms. The molecular weight excluding hydrogens is 188 g/mol. The van der Waals surface area contributed by atoms with Crippen molar-refractivity contribution < 1.29 is 0 Å². The number of pyridine rings is 1. The molecule has 0 spiro atoms. The van der Waals surface area contributed by atoms with Crippen molar-refractivity contribution in [3.63, 3.8) is 0 Å². The normalized spacial score (nSPS) is 11.1. The van der Waals surface area contributed by atoms with E-state index in [9.17, 15) is 0 Å². The summed E-state index contributed by atoms with van der Waals surface area (Å²) in [5.74, 6) is 1.12. The van der Waals surface area contributed by atoms with Crippen molar-refractivity contribution in [2.24, 2.45) is 12.8 Å². The van der Waals surface area contributed by atoms with Crippen molar-refractivity contribution in [1.29, 1.82) is 0 Å². The molecule has 0 atom stereocenters. The number of imidazole rings is 1. The lowest BCUT2D eigenvalue weighted by Gasteiger charge is -2.00. The minimum absolute atomic E-state index is 0.755. The second-order valence-electron chi connectivity index (χ2n) is 3.70. The van der Waals surface area contributed by atoms with Gasteiger partial charge in [-0.15, -0.1) is 0 Å². The molecule has 0 fully saturated rings. The van der Waals surface area contributed by atoms with Crippen molar-refractivity contribution in [2.75, 3.05) is 6.54 Å². The van der Waals surface area contributed by atoms with Crippen LogP contribution in [0.1, 0.15) is 18.7 Å². The van der Waals surface area contributed by atoms with E-state index in [4.69, 9.17) is 5.73 Å². The van der Waals surface area contributed by atoms with Crippen LogP contribution in [0.4, 0.5) is 0 Å². The Kier molecular flexibility index (Phi) is 2.97. The van der Waals surface area contributed by atoms with Gasteiger partial charge in [0.2, 0.25) is 0 Å². The quantitative estimate of drug-likeness (QED) is 0.762. The summed E-state index contributed by atoms with van der Waals surface area (Å²) in [6.45, 7) is 0.755. The number of aryl methyl sites for hydroxylation is 2. The Morgan fingerprint density at radius 2 is 2.27 bits per heavy atom. The second kappa shape index (κ2) is 4.40. The average molecular weight is 204 g/mol. The smallest absolute Gasteiger partial charge is 0.109 e. The van der Waals surface area contributed by atoms with E-state index in [1.807, 2.05) is 19.3 Å². The molecule has 4 heteroatoms. The van der Waals surface area contributed by atoms with Crippen LogP contribution in [-0.4, -0.2) is 21.1 Å². The van der Waals surface area contributed by atoms with Crippen molar-refractivity contribution in [2.45, 2.75) is 19.3 Å². The van der Waals surface area contributed by atoms with E-state index >= 15 is 0 Å². The standard InChI is InChI=1S/C11H16N4/c1-15-10-8-13-7-5-9(10)14-11(15)4-2-3-6-12/h5,7-8H,2-4,6,12H2,1H3. The van der Waals surface area contributed by atoms with Crippen LogP contribution in [-0.2, 0) is 13.5 Å². The Morgan fingerprint density at radius 3 is 3.00 bits per heavy atom. The lowest BCUT2D eigenvalue weighted by atomic mass is 10.2. The molecule has 0 radical (unpaired) electrons. The highest BCUT2D eigenvalue weighted by atomic mass is 15.1. The zero-order valence-electron chi connectivity index (χ0n) is 8.98. The zero-order valence-corrected chi connectivity index (χ0v) is 8.98. The molecule has 0 amide bonds. The zero-order chi connectivity index (χ0) is 10.7. The first-order valence-corrected chi connectivity index (χ1v) is 5.28. The predicted molar refractivity (Wildman–Crippen MR) is 60.5 cm³/mol. The SMILES string of the molecule is Cn1c(CCCCN)nc2ccncc21. The number of nitrogens with zero attached hydrogens (tertiary/aromatic N) is 3. The van der Waals surface area contributed by atoms with Gasteiger partial charge in [0.05, 0.1) is 17.2 Å². The van der Waals surface area contributed by atoms with Crippen LogP contribution in [0.15, 0.2) is 18.5 Å². The first-order chi connectivity index (χ1) is 7.33. The molecule has 2 aromatic heterocycles. The molecule has 0 aliphatic carbocycles. The van der Waals surface area contributed by atoms with Crippen molar-refractivity contribution in [1.82, 2.24) is 14.5 Å². The summed E-state index contributed by atoms with van der Waals surface area (Å²) in [7, 11) is 2.04. The first kappa shape index (κ1) is 10.1. The van der Waals surface area contributed by atoms with Crippen LogP contribution >= 0.6 is 0 Å². The van der Waals surface area contributed by atoms with Gasteiger partial charge in [0.1, 0.15) is 5.82 Å². The third-order valence-corrected chi connectivity index (χ3v) is 2.63. The number of hydrogen-bond acceptors (Lipinski definition) is 3. The Labute approximate surface area is 89.1 Å². The molecule has 2 N–H and O–H groups in total. The maximum Gasteiger partial charge on any atom is 0.109 e. The molecule has 0 saturated carbocycles. The van der Waals surface area contributed by atoms with Gasteiger partial charge in [-0.3, -0.25) is 4.98 Å². The monoisotopic (exact) mass is 204 g/mol. The highest BCUT2D eigenvalue weighted by Crippen LogP contribution is 2.14. The second-order valence-corrected chi connectivity index (χ2v) is 3.70. The van der Waals surface area contributed by atoms with Gasteiger partial charge in [0, 0.05) is 19.7 Å². The Balaban J connectivity index is 2.24. The van der Waals surface area contributed by atoms with E-state index in [2.05, 4.69) is 14.5 Å². The summed E-state index contributed by atoms with van der Waals surface area (Å²) in [5.41, 5.74) is 7.59. The highest BCUT2D eigenvalue weighted by Gasteiger charge is 2.06. The van der Waals surface area contributed by atoms with Gasteiger partial charge in [-0.2, -0.15) is 0 Å². The third-order valence-electron chi connectivity index (χ3n) is 2.63. The fraction of sp³-hybridized carbons (Fsp3) is 0.455. The van der Waals surface area contributed by atoms with Crippen molar-refractivity contribution in [3.8, 4) is 0 Å². The molecule has 0 unspecified atom stereocenters. The summed E-state index contributed by atoms with van der Waals surface area (Å²) in [5, 5.41) is 0. The number of fused-ring (bicyclic) bond motifs is 1. The van der Waals surface area contributed by atoms with E-state index in [0.717, 1.165) is 42.7 Å². The van der Waals surface area contributed by atoms with Crippen LogP contribution in [0.2, 0.25) is 0 Å². The molecule has 0 aliphatic heterocycles. The summed E-state index contributed by atoms with van der Waals surface area (Å²) < 4.78 is 2.11. The van der Waals surface area contributed by atoms with Crippen LogP contribution in [0.3, 0.4) is 0 Å². The van der Waals surface area contributed by atoms with Gasteiger partial charge in [-0.1, -0.05) is 0 Å². The fourth-order valence-corrected chi connectivity index (χ4v) is 1.74. The van der Waals surface area contributed by atoms with E-state index < -0.39 is 0 Å². The third kappa shape index (κ3) is 1.99. The minimum Gasteiger partial charge on any atom is -0.330 e. The van der Waals surface area contributed by atoms with Gasteiger partial charge < -0.3 is 10.3 Å². The number of nitrogens with two attached hydrogens (primary N) is 1. The Hall–Kier alpha value is -1.42. The minimum atomic E-state index is 0.755. The molecule has 0 saturated heterocycles. The van der Waals surface area contributed by atoms with Crippen LogP contribution in [0, 0.1) is 0 Å². The first-order valence-electron chi connectivity index (χ1n) is 5.28. The van der Waals surface area contributed by atoms with E-state index in [-0.39, 0.29) is 0 Å². The largest absolute Gasteiger partial charge is 0.330 e. The molecule has 2 rings (SSSR count). The number of hydrogen-bond donors (Lipinski definition) is 1. The molecule has 80 valence electrons. The number of rotatable bonds is 4. The Bertz CT molecular complexity index is 447. The number of aromatic nitrogens is 3. The molecule has 0 bridgehead atoms. The number of unbranched alkanes of at least 4 members (excludes halogenated alkanes) is 1. The van der Waals surface area contributed by atoms with Crippen LogP contribution in [0.5, 0.6) is 0 Å². The van der Waals surface area contributed by atoms with Gasteiger partial charge >= 0.3 is 0 Å². The van der Waals surface area contributed by atoms with Crippen LogP contribution < -0.4 is 5.73 Å². The molecule has 4 nitrogen and oxygen atoms in total. The maximum absolute atomic E-state index is 5.47. The van der Waals surface area contributed by atoms with Crippen LogP contribution in [0.25, 0.3) is 11.0 Å². The highest BCUT2D eigenvalue weighted by molar-refractivity contribution is 5.74. The molecule has 0 aliphatic rings. The molecule has 2 aromatic rings. The lowest BCUT2D eigenvalue weighted by molar-refractivity contribution is 0.694. The molecular formula is C11H16N4. The average Bonchev–Trinajstić information content (AvgIpc) is 2.57. The summed E-state index contributed by atoms with van der Waals surface area (Å²) in [6.07, 6.45) is 6.78. The maximum atomic E-state index is 5.47. The van der Waals surface area contributed by atoms with E-state index in [0.29, 0.717) is 0 Å². The van der Waals surface area contributed by atoms with Gasteiger partial charge in [-0.05, 0) is 25.5 Å². The Morgan fingerprint density at radius 1 is 1.40 bits per heavy atom. The van der Waals surface area contributed by atoms with Gasteiger partial charge in [0.25, 0.3) is 0 Å².